The lowest BCUT2D eigenvalue weighted by Gasteiger charge is -2.24. The number of hydrazone groups is 1. The van der Waals surface area contributed by atoms with E-state index in [-0.39, 0.29) is 5.71 Å². The summed E-state index contributed by atoms with van der Waals surface area (Å²) in [4.78, 5) is 0. The molecule has 0 aliphatic carbocycles. The number of benzene rings is 1. The van der Waals surface area contributed by atoms with Crippen molar-refractivity contribution in [3.8, 4) is 0 Å². The molecule has 2 N–H and O–H groups in total. The maximum atomic E-state index is 12.4. The van der Waals surface area contributed by atoms with Gasteiger partial charge in [0.1, 0.15) is 0 Å². The van der Waals surface area contributed by atoms with Crippen molar-refractivity contribution >= 4 is 5.71 Å². The molecule has 1 aromatic rings. The lowest BCUT2D eigenvalue weighted by molar-refractivity contribution is -0.266. The fourth-order valence-electron chi connectivity index (χ4n) is 1.44. The van der Waals surface area contributed by atoms with Crippen LogP contribution in [0.1, 0.15) is 12.0 Å². The van der Waals surface area contributed by atoms with Gasteiger partial charge in [0.25, 0.3) is 5.72 Å². The third kappa shape index (κ3) is 1.76. The summed E-state index contributed by atoms with van der Waals surface area (Å²) in [5.41, 5.74) is -0.446. The molecular formula is C10H9F3N2O. The number of nitrogens with one attached hydrogen (secondary N) is 1. The van der Waals surface area contributed by atoms with E-state index in [2.05, 4.69) is 5.10 Å². The number of aliphatic hydroxyl groups is 1. The molecule has 2 rings (SSSR count). The largest absolute Gasteiger partial charge is 0.438 e. The number of halogens is 3. The third-order valence-corrected chi connectivity index (χ3v) is 2.38. The van der Waals surface area contributed by atoms with Gasteiger partial charge < -0.3 is 5.11 Å². The molecule has 0 saturated carbocycles. The molecule has 86 valence electrons. The van der Waals surface area contributed by atoms with Crippen molar-refractivity contribution in [3.63, 3.8) is 0 Å². The molecule has 0 saturated heterocycles. The Morgan fingerprint density at radius 2 is 1.88 bits per heavy atom. The predicted molar refractivity (Wildman–Crippen MR) is 51.7 cm³/mol. The molecule has 3 nitrogen and oxygen atoms in total. The first kappa shape index (κ1) is 10.9. The molecule has 0 spiro atoms. The Hall–Kier alpha value is -1.56. The van der Waals surface area contributed by atoms with E-state index in [9.17, 15) is 18.3 Å². The van der Waals surface area contributed by atoms with E-state index in [0.717, 1.165) is 0 Å². The van der Waals surface area contributed by atoms with Crippen LogP contribution in [0.3, 0.4) is 0 Å². The Morgan fingerprint density at radius 1 is 1.25 bits per heavy atom. The average molecular weight is 230 g/mol. The van der Waals surface area contributed by atoms with Crippen LogP contribution in [-0.2, 0) is 0 Å². The number of hydrogen-bond acceptors (Lipinski definition) is 3. The van der Waals surface area contributed by atoms with Crippen molar-refractivity contribution in [2.24, 2.45) is 5.10 Å². The lowest BCUT2D eigenvalue weighted by atomic mass is 10.0. The topological polar surface area (TPSA) is 44.6 Å². The number of hydrogen-bond donors (Lipinski definition) is 2. The molecule has 1 aromatic carbocycles. The minimum atomic E-state index is -4.74. The van der Waals surface area contributed by atoms with Crippen molar-refractivity contribution in [1.82, 2.24) is 5.43 Å². The highest BCUT2D eigenvalue weighted by molar-refractivity contribution is 6.02. The van der Waals surface area contributed by atoms with Crippen LogP contribution in [0, 0.1) is 0 Å². The minimum Gasteiger partial charge on any atom is -0.362 e. The summed E-state index contributed by atoms with van der Waals surface area (Å²) in [7, 11) is 0. The van der Waals surface area contributed by atoms with Crippen LogP contribution in [0.4, 0.5) is 13.2 Å². The predicted octanol–water partition coefficient (Wildman–Crippen LogP) is 1.63. The zero-order chi connectivity index (χ0) is 11.8. The molecule has 1 aliphatic rings. The summed E-state index contributed by atoms with van der Waals surface area (Å²) in [6.07, 6.45) is -5.33. The van der Waals surface area contributed by atoms with Gasteiger partial charge in [0.05, 0.1) is 12.1 Å². The molecule has 16 heavy (non-hydrogen) atoms. The van der Waals surface area contributed by atoms with E-state index in [1.807, 2.05) is 0 Å². The summed E-state index contributed by atoms with van der Waals surface area (Å²) >= 11 is 0. The Kier molecular flexibility index (Phi) is 2.38. The molecule has 1 unspecified atom stereocenters. The van der Waals surface area contributed by atoms with Gasteiger partial charge in [-0.05, 0) is 5.56 Å². The van der Waals surface area contributed by atoms with Crippen LogP contribution in [0.25, 0.3) is 0 Å². The maximum absolute atomic E-state index is 12.4. The van der Waals surface area contributed by atoms with Crippen LogP contribution in [0.2, 0.25) is 0 Å². The summed E-state index contributed by atoms with van der Waals surface area (Å²) in [5.74, 6) is 0. The molecule has 6 heteroatoms. The molecule has 0 bridgehead atoms. The molecule has 0 fully saturated rings. The van der Waals surface area contributed by atoms with Crippen LogP contribution in [0.15, 0.2) is 35.4 Å². The van der Waals surface area contributed by atoms with E-state index in [1.165, 1.54) is 0 Å². The van der Waals surface area contributed by atoms with Crippen LogP contribution < -0.4 is 5.43 Å². The SMILES string of the molecule is OC1(C(F)(F)F)CC(c2ccccc2)=NN1. The number of rotatable bonds is 1. The van der Waals surface area contributed by atoms with Gasteiger partial charge in [0.2, 0.25) is 0 Å². The summed E-state index contributed by atoms with van der Waals surface area (Å²) in [6.45, 7) is 0. The minimum absolute atomic E-state index is 0.195. The van der Waals surface area contributed by atoms with E-state index in [0.29, 0.717) is 5.56 Å². The lowest BCUT2D eigenvalue weighted by Crippen LogP contribution is -2.52. The number of nitrogens with zero attached hydrogens (tertiary/aromatic N) is 1. The van der Waals surface area contributed by atoms with Gasteiger partial charge in [0.15, 0.2) is 0 Å². The highest BCUT2D eigenvalue weighted by Gasteiger charge is 2.57. The van der Waals surface area contributed by atoms with E-state index in [4.69, 9.17) is 0 Å². The number of alkyl halides is 3. The van der Waals surface area contributed by atoms with Crippen molar-refractivity contribution in [1.29, 1.82) is 0 Å². The molecule has 0 aromatic heterocycles. The molecule has 0 radical (unpaired) electrons. The first-order valence-corrected chi connectivity index (χ1v) is 4.61. The molecule has 1 atom stereocenters. The maximum Gasteiger partial charge on any atom is 0.438 e. The first-order chi connectivity index (χ1) is 7.42. The van der Waals surface area contributed by atoms with Gasteiger partial charge in [-0.25, -0.2) is 0 Å². The Balaban J connectivity index is 2.20. The Bertz CT molecular complexity index is 416. The van der Waals surface area contributed by atoms with Crippen LogP contribution >= 0.6 is 0 Å². The Morgan fingerprint density at radius 3 is 2.38 bits per heavy atom. The average Bonchev–Trinajstić information content (AvgIpc) is 2.63. The highest BCUT2D eigenvalue weighted by atomic mass is 19.4. The van der Waals surface area contributed by atoms with Crippen molar-refractivity contribution < 1.29 is 18.3 Å². The highest BCUT2D eigenvalue weighted by Crippen LogP contribution is 2.34. The van der Waals surface area contributed by atoms with Crippen molar-refractivity contribution in [2.75, 3.05) is 0 Å². The van der Waals surface area contributed by atoms with Gasteiger partial charge in [0, 0.05) is 0 Å². The smallest absolute Gasteiger partial charge is 0.362 e. The van der Waals surface area contributed by atoms with Gasteiger partial charge in [-0.1, -0.05) is 30.3 Å². The molecule has 1 heterocycles. The van der Waals surface area contributed by atoms with Gasteiger partial charge >= 0.3 is 6.18 Å². The van der Waals surface area contributed by atoms with E-state index >= 15 is 0 Å². The second kappa shape index (κ2) is 3.48. The molecule has 1 aliphatic heterocycles. The van der Waals surface area contributed by atoms with Crippen molar-refractivity contribution in [3.05, 3.63) is 35.9 Å². The second-order valence-electron chi connectivity index (χ2n) is 3.57. The van der Waals surface area contributed by atoms with Gasteiger partial charge in [-0.2, -0.15) is 18.3 Å². The second-order valence-corrected chi connectivity index (χ2v) is 3.57. The zero-order valence-electron chi connectivity index (χ0n) is 8.12. The fourth-order valence-corrected chi connectivity index (χ4v) is 1.44. The van der Waals surface area contributed by atoms with Crippen LogP contribution in [0.5, 0.6) is 0 Å². The zero-order valence-corrected chi connectivity index (χ0v) is 8.12. The Labute approximate surface area is 89.6 Å². The summed E-state index contributed by atoms with van der Waals surface area (Å²) in [6, 6.07) is 8.43. The van der Waals surface area contributed by atoms with Crippen molar-refractivity contribution in [2.45, 2.75) is 18.3 Å². The quantitative estimate of drug-likeness (QED) is 0.770. The summed E-state index contributed by atoms with van der Waals surface area (Å²) < 4.78 is 37.3. The monoisotopic (exact) mass is 230 g/mol. The normalized spacial score (nSPS) is 25.1. The molecular weight excluding hydrogens is 221 g/mol. The van der Waals surface area contributed by atoms with Crippen LogP contribution in [-0.4, -0.2) is 22.7 Å². The third-order valence-electron chi connectivity index (χ3n) is 2.38. The standard InChI is InChI=1S/C10H9F3N2O/c11-10(12,13)9(16)6-8(14-15-9)7-4-2-1-3-5-7/h1-5,15-16H,6H2. The van der Waals surface area contributed by atoms with E-state index in [1.54, 1.807) is 35.8 Å². The summed E-state index contributed by atoms with van der Waals surface area (Å²) in [5, 5.41) is 12.8. The molecule has 0 amide bonds. The van der Waals surface area contributed by atoms with Gasteiger partial charge in [-0.3, -0.25) is 5.43 Å². The van der Waals surface area contributed by atoms with Gasteiger partial charge in [-0.15, -0.1) is 0 Å². The fraction of sp³-hybridized carbons (Fsp3) is 0.300. The first-order valence-electron chi connectivity index (χ1n) is 4.61. The van der Waals surface area contributed by atoms with E-state index < -0.39 is 18.3 Å².